The van der Waals surface area contributed by atoms with Crippen LogP contribution in [0.25, 0.3) is 0 Å². The minimum absolute atomic E-state index is 0.154. The van der Waals surface area contributed by atoms with Crippen LogP contribution in [-0.4, -0.2) is 35.4 Å². The predicted octanol–water partition coefficient (Wildman–Crippen LogP) is 1.66. The summed E-state index contributed by atoms with van der Waals surface area (Å²) in [7, 11) is 0. The van der Waals surface area contributed by atoms with E-state index in [0.29, 0.717) is 17.4 Å². The van der Waals surface area contributed by atoms with Gasteiger partial charge in [0.25, 0.3) is 5.91 Å². The van der Waals surface area contributed by atoms with Crippen molar-refractivity contribution in [3.63, 3.8) is 0 Å². The van der Waals surface area contributed by atoms with Crippen LogP contribution in [0.3, 0.4) is 0 Å². The van der Waals surface area contributed by atoms with Gasteiger partial charge in [0, 0.05) is 12.7 Å². The molecule has 1 N–H and O–H groups in total. The first kappa shape index (κ1) is 14.7. The van der Waals surface area contributed by atoms with Gasteiger partial charge in [0.15, 0.2) is 0 Å². The number of nitrogens with zero attached hydrogens (tertiary/aromatic N) is 4. The largest absolute Gasteiger partial charge is 0.369 e. The van der Waals surface area contributed by atoms with E-state index in [2.05, 4.69) is 10.3 Å². The maximum Gasteiger partial charge on any atom is 0.257 e. The molecule has 0 aliphatic rings. The van der Waals surface area contributed by atoms with Crippen molar-refractivity contribution in [1.29, 1.82) is 10.5 Å². The number of anilines is 1. The zero-order valence-electron chi connectivity index (χ0n) is 10.4. The summed E-state index contributed by atoms with van der Waals surface area (Å²) >= 11 is 5.99. The highest BCUT2D eigenvalue weighted by molar-refractivity contribution is 6.33. The van der Waals surface area contributed by atoms with E-state index < -0.39 is 5.91 Å². The Morgan fingerprint density at radius 1 is 1.47 bits per heavy atom. The number of hydrogen-bond donors (Lipinski definition) is 1. The molecule has 0 fully saturated rings. The van der Waals surface area contributed by atoms with E-state index in [1.165, 1.54) is 12.3 Å². The molecule has 0 aliphatic carbocycles. The summed E-state index contributed by atoms with van der Waals surface area (Å²) in [4.78, 5) is 17.2. The molecular weight excluding hydrogens is 266 g/mol. The van der Waals surface area contributed by atoms with Crippen LogP contribution in [-0.2, 0) is 0 Å². The van der Waals surface area contributed by atoms with E-state index in [0.717, 1.165) is 4.90 Å². The van der Waals surface area contributed by atoms with Gasteiger partial charge in [-0.25, -0.2) is 4.98 Å². The summed E-state index contributed by atoms with van der Waals surface area (Å²) in [6, 6.07) is 5.14. The van der Waals surface area contributed by atoms with E-state index in [1.807, 2.05) is 19.1 Å². The van der Waals surface area contributed by atoms with Crippen molar-refractivity contribution < 1.29 is 4.79 Å². The molecule has 0 unspecified atom stereocenters. The van der Waals surface area contributed by atoms with Gasteiger partial charge in [-0.05, 0) is 13.0 Å². The van der Waals surface area contributed by atoms with Crippen LogP contribution >= 0.6 is 11.6 Å². The van der Waals surface area contributed by atoms with Crippen LogP contribution in [0.15, 0.2) is 12.3 Å². The number of rotatable bonds is 5. The van der Waals surface area contributed by atoms with E-state index in [4.69, 9.17) is 22.1 Å². The summed E-state index contributed by atoms with van der Waals surface area (Å²) < 4.78 is 0. The third-order valence-corrected chi connectivity index (χ3v) is 2.53. The van der Waals surface area contributed by atoms with Crippen LogP contribution in [0.2, 0.25) is 5.02 Å². The molecule has 0 spiro atoms. The van der Waals surface area contributed by atoms with Crippen molar-refractivity contribution in [1.82, 2.24) is 9.88 Å². The second-order valence-electron chi connectivity index (χ2n) is 3.56. The predicted molar refractivity (Wildman–Crippen MR) is 70.5 cm³/mol. The van der Waals surface area contributed by atoms with E-state index in [9.17, 15) is 4.79 Å². The number of carbonyl (C=O) groups excluding carboxylic acids is 1. The highest BCUT2D eigenvalue weighted by Gasteiger charge is 2.16. The van der Waals surface area contributed by atoms with E-state index >= 15 is 0 Å². The van der Waals surface area contributed by atoms with Gasteiger partial charge >= 0.3 is 0 Å². The Kier molecular flexibility index (Phi) is 5.59. The van der Waals surface area contributed by atoms with Crippen LogP contribution < -0.4 is 5.32 Å². The first-order valence-corrected chi connectivity index (χ1v) is 5.94. The second-order valence-corrected chi connectivity index (χ2v) is 3.97. The average Bonchev–Trinajstić information content (AvgIpc) is 2.40. The summed E-state index contributed by atoms with van der Waals surface area (Å²) in [5.41, 5.74) is 0.247. The van der Waals surface area contributed by atoms with Gasteiger partial charge < -0.3 is 10.2 Å². The number of nitrogens with one attached hydrogen (secondary N) is 1. The molecule has 1 aromatic rings. The summed E-state index contributed by atoms with van der Waals surface area (Å²) in [6.07, 6.45) is 1.37. The Balaban J connectivity index is 2.96. The number of aromatic nitrogens is 1. The zero-order chi connectivity index (χ0) is 14.3. The van der Waals surface area contributed by atoms with Gasteiger partial charge in [0.1, 0.15) is 18.9 Å². The highest BCUT2D eigenvalue weighted by atomic mass is 35.5. The molecule has 1 heterocycles. The third-order valence-electron chi connectivity index (χ3n) is 2.24. The molecule has 19 heavy (non-hydrogen) atoms. The molecule has 1 rings (SSSR count). The average molecular weight is 278 g/mol. The van der Waals surface area contributed by atoms with Gasteiger partial charge in [-0.3, -0.25) is 4.79 Å². The smallest absolute Gasteiger partial charge is 0.257 e. The molecule has 0 aromatic carbocycles. The molecule has 0 saturated heterocycles. The van der Waals surface area contributed by atoms with Crippen LogP contribution in [0.5, 0.6) is 0 Å². The Morgan fingerprint density at radius 2 is 2.11 bits per heavy atom. The lowest BCUT2D eigenvalue weighted by Gasteiger charge is -2.16. The summed E-state index contributed by atoms with van der Waals surface area (Å²) in [6.45, 7) is 2.26. The molecule has 0 bridgehead atoms. The molecule has 1 aromatic heterocycles. The SMILES string of the molecule is CCNc1ncc(C(=O)N(CC#N)CC#N)cc1Cl. The van der Waals surface area contributed by atoms with Gasteiger partial charge in [-0.15, -0.1) is 0 Å². The molecule has 98 valence electrons. The Hall–Kier alpha value is -2.31. The van der Waals surface area contributed by atoms with Crippen molar-refractivity contribution in [3.05, 3.63) is 22.8 Å². The Morgan fingerprint density at radius 3 is 2.58 bits per heavy atom. The summed E-state index contributed by atoms with van der Waals surface area (Å²) in [5, 5.41) is 20.5. The highest BCUT2D eigenvalue weighted by Crippen LogP contribution is 2.20. The molecule has 0 saturated carbocycles. The van der Waals surface area contributed by atoms with Gasteiger partial charge in [-0.2, -0.15) is 10.5 Å². The van der Waals surface area contributed by atoms with Crippen molar-refractivity contribution in [2.45, 2.75) is 6.92 Å². The van der Waals surface area contributed by atoms with Crippen LogP contribution in [0.4, 0.5) is 5.82 Å². The van der Waals surface area contributed by atoms with Crippen molar-refractivity contribution in [3.8, 4) is 12.1 Å². The molecule has 1 amide bonds. The molecular formula is C12H12ClN5O. The Bertz CT molecular complexity index is 530. The monoisotopic (exact) mass is 277 g/mol. The maximum atomic E-state index is 12.1. The standard InChI is InChI=1S/C12H12ClN5O/c1-2-16-11-10(13)7-9(8-17-11)12(19)18(5-3-14)6-4-15/h7-8H,2,5-6H2,1H3,(H,16,17). The number of halogens is 1. The number of amides is 1. The number of hydrogen-bond acceptors (Lipinski definition) is 5. The minimum Gasteiger partial charge on any atom is -0.369 e. The quantitative estimate of drug-likeness (QED) is 0.826. The maximum absolute atomic E-state index is 12.1. The van der Waals surface area contributed by atoms with Crippen molar-refractivity contribution in [2.24, 2.45) is 0 Å². The number of carbonyl (C=O) groups is 1. The zero-order valence-corrected chi connectivity index (χ0v) is 11.1. The molecule has 7 heteroatoms. The lowest BCUT2D eigenvalue weighted by atomic mass is 10.2. The Labute approximate surface area is 116 Å². The molecule has 6 nitrogen and oxygen atoms in total. The molecule has 0 radical (unpaired) electrons. The lowest BCUT2D eigenvalue weighted by molar-refractivity contribution is 0.0794. The fourth-order valence-corrected chi connectivity index (χ4v) is 1.64. The first-order chi connectivity index (χ1) is 9.13. The van der Waals surface area contributed by atoms with Gasteiger partial charge in [0.2, 0.25) is 0 Å². The number of pyridine rings is 1. The molecule has 0 atom stereocenters. The van der Waals surface area contributed by atoms with Gasteiger partial charge in [0.05, 0.1) is 22.7 Å². The van der Waals surface area contributed by atoms with Crippen molar-refractivity contribution >= 4 is 23.3 Å². The van der Waals surface area contributed by atoms with Crippen LogP contribution in [0.1, 0.15) is 17.3 Å². The topological polar surface area (TPSA) is 92.8 Å². The normalized spacial score (nSPS) is 9.26. The second kappa shape index (κ2) is 7.20. The fraction of sp³-hybridized carbons (Fsp3) is 0.333. The van der Waals surface area contributed by atoms with Gasteiger partial charge in [-0.1, -0.05) is 11.6 Å². The van der Waals surface area contributed by atoms with E-state index in [-0.39, 0.29) is 18.7 Å². The van der Waals surface area contributed by atoms with Crippen LogP contribution in [0, 0.1) is 22.7 Å². The number of nitriles is 2. The molecule has 0 aliphatic heterocycles. The minimum atomic E-state index is -0.444. The third kappa shape index (κ3) is 3.84. The lowest BCUT2D eigenvalue weighted by Crippen LogP contribution is -2.31. The van der Waals surface area contributed by atoms with Crippen molar-refractivity contribution in [2.75, 3.05) is 25.0 Å². The first-order valence-electron chi connectivity index (χ1n) is 5.56. The fourth-order valence-electron chi connectivity index (χ4n) is 1.41. The van der Waals surface area contributed by atoms with E-state index in [1.54, 1.807) is 0 Å². The summed E-state index contributed by atoms with van der Waals surface area (Å²) in [5.74, 6) is 0.0494.